The van der Waals surface area contributed by atoms with Crippen LogP contribution in [0.4, 0.5) is 0 Å². The van der Waals surface area contributed by atoms with E-state index in [1.54, 1.807) is 0 Å². The first kappa shape index (κ1) is 14.6. The van der Waals surface area contributed by atoms with Gasteiger partial charge in [0.2, 0.25) is 0 Å². The van der Waals surface area contributed by atoms with Gasteiger partial charge in [-0.05, 0) is 42.2 Å². The van der Waals surface area contributed by atoms with Gasteiger partial charge in [-0.2, -0.15) is 0 Å². The average Bonchev–Trinajstić information content (AvgIpc) is 2.48. The predicted octanol–water partition coefficient (Wildman–Crippen LogP) is 4.12. The maximum Gasteiger partial charge on any atom is 0.119 e. The van der Waals surface area contributed by atoms with E-state index in [1.165, 1.54) is 5.56 Å². The van der Waals surface area contributed by atoms with Gasteiger partial charge >= 0.3 is 0 Å². The van der Waals surface area contributed by atoms with Crippen molar-refractivity contribution < 1.29 is 9.84 Å². The van der Waals surface area contributed by atoms with Crippen molar-refractivity contribution >= 4 is 0 Å². The van der Waals surface area contributed by atoms with E-state index < -0.39 is 6.10 Å². The molecule has 1 N–H and O–H groups in total. The summed E-state index contributed by atoms with van der Waals surface area (Å²) < 4.78 is 5.47. The fraction of sp³-hybridized carbons (Fsp3) is 0.333. The molecule has 106 valence electrons. The van der Waals surface area contributed by atoms with E-state index in [2.05, 4.69) is 19.1 Å². The molecule has 2 rings (SSSR count). The maximum absolute atomic E-state index is 10.4. The third-order valence-electron chi connectivity index (χ3n) is 3.32. The molecule has 2 heteroatoms. The lowest BCUT2D eigenvalue weighted by molar-refractivity contribution is 0.219. The summed E-state index contributed by atoms with van der Waals surface area (Å²) in [7, 11) is 0. The van der Waals surface area contributed by atoms with Crippen molar-refractivity contribution in [3.05, 3.63) is 65.2 Å². The molecule has 0 aliphatic rings. The number of aliphatic hydroxyl groups is 1. The SMILES string of the molecule is CCCc1ccc(C(O)c2cccc(OCC)c2)cc1. The normalized spacial score (nSPS) is 12.2. The van der Waals surface area contributed by atoms with Crippen LogP contribution in [0.5, 0.6) is 5.75 Å². The molecule has 0 aliphatic carbocycles. The fourth-order valence-corrected chi connectivity index (χ4v) is 2.29. The molecule has 20 heavy (non-hydrogen) atoms. The van der Waals surface area contributed by atoms with Crippen molar-refractivity contribution in [2.75, 3.05) is 6.61 Å². The van der Waals surface area contributed by atoms with E-state index in [-0.39, 0.29) is 0 Å². The molecule has 0 saturated carbocycles. The molecule has 0 saturated heterocycles. The van der Waals surface area contributed by atoms with E-state index in [9.17, 15) is 5.11 Å². The van der Waals surface area contributed by atoms with Crippen LogP contribution in [0.1, 0.15) is 43.1 Å². The van der Waals surface area contributed by atoms with Gasteiger partial charge in [-0.1, -0.05) is 49.7 Å². The summed E-state index contributed by atoms with van der Waals surface area (Å²) in [5, 5.41) is 10.4. The molecule has 1 atom stereocenters. The Morgan fingerprint density at radius 3 is 2.40 bits per heavy atom. The van der Waals surface area contributed by atoms with Gasteiger partial charge in [0.25, 0.3) is 0 Å². The van der Waals surface area contributed by atoms with E-state index in [0.717, 1.165) is 29.7 Å². The minimum absolute atomic E-state index is 0.605. The Hall–Kier alpha value is -1.80. The summed E-state index contributed by atoms with van der Waals surface area (Å²) >= 11 is 0. The number of ether oxygens (including phenoxy) is 1. The van der Waals surface area contributed by atoms with Crippen molar-refractivity contribution in [2.45, 2.75) is 32.8 Å². The highest BCUT2D eigenvalue weighted by Crippen LogP contribution is 2.25. The van der Waals surface area contributed by atoms with E-state index in [1.807, 2.05) is 43.3 Å². The summed E-state index contributed by atoms with van der Waals surface area (Å²) in [4.78, 5) is 0. The van der Waals surface area contributed by atoms with Crippen LogP contribution >= 0.6 is 0 Å². The number of benzene rings is 2. The molecule has 0 bridgehead atoms. The first-order valence-electron chi connectivity index (χ1n) is 7.24. The third-order valence-corrected chi connectivity index (χ3v) is 3.32. The zero-order valence-electron chi connectivity index (χ0n) is 12.2. The van der Waals surface area contributed by atoms with Gasteiger partial charge in [-0.25, -0.2) is 0 Å². The lowest BCUT2D eigenvalue weighted by atomic mass is 9.99. The van der Waals surface area contributed by atoms with Crippen molar-refractivity contribution in [1.29, 1.82) is 0 Å². The lowest BCUT2D eigenvalue weighted by Crippen LogP contribution is -2.01. The number of aliphatic hydroxyl groups excluding tert-OH is 1. The average molecular weight is 270 g/mol. The highest BCUT2D eigenvalue weighted by atomic mass is 16.5. The fourth-order valence-electron chi connectivity index (χ4n) is 2.29. The number of hydrogen-bond donors (Lipinski definition) is 1. The molecule has 0 heterocycles. The van der Waals surface area contributed by atoms with E-state index >= 15 is 0 Å². The molecule has 2 aromatic carbocycles. The Morgan fingerprint density at radius 1 is 1.00 bits per heavy atom. The Balaban J connectivity index is 2.17. The highest BCUT2D eigenvalue weighted by Gasteiger charge is 2.11. The largest absolute Gasteiger partial charge is 0.494 e. The van der Waals surface area contributed by atoms with Gasteiger partial charge in [-0.15, -0.1) is 0 Å². The maximum atomic E-state index is 10.4. The van der Waals surface area contributed by atoms with Crippen molar-refractivity contribution in [2.24, 2.45) is 0 Å². The smallest absolute Gasteiger partial charge is 0.119 e. The molecule has 0 aliphatic heterocycles. The number of hydrogen-bond acceptors (Lipinski definition) is 2. The molecule has 2 aromatic rings. The Bertz CT molecular complexity index is 531. The van der Waals surface area contributed by atoms with Gasteiger partial charge < -0.3 is 9.84 Å². The third kappa shape index (κ3) is 3.61. The van der Waals surface area contributed by atoms with Gasteiger partial charge in [0.15, 0.2) is 0 Å². The molecule has 0 radical (unpaired) electrons. The first-order valence-corrected chi connectivity index (χ1v) is 7.24. The predicted molar refractivity (Wildman–Crippen MR) is 82.1 cm³/mol. The van der Waals surface area contributed by atoms with Gasteiger partial charge in [-0.3, -0.25) is 0 Å². The van der Waals surface area contributed by atoms with E-state index in [0.29, 0.717) is 6.61 Å². The number of aryl methyl sites for hydroxylation is 1. The van der Waals surface area contributed by atoms with Crippen LogP contribution in [0.25, 0.3) is 0 Å². The van der Waals surface area contributed by atoms with Crippen LogP contribution in [-0.4, -0.2) is 11.7 Å². The summed E-state index contributed by atoms with van der Waals surface area (Å²) in [6, 6.07) is 15.8. The van der Waals surface area contributed by atoms with Crippen LogP contribution in [0.3, 0.4) is 0 Å². The van der Waals surface area contributed by atoms with Gasteiger partial charge in [0.05, 0.1) is 6.61 Å². The second-order valence-corrected chi connectivity index (χ2v) is 4.90. The second kappa shape index (κ2) is 7.11. The van der Waals surface area contributed by atoms with Crippen LogP contribution in [-0.2, 0) is 6.42 Å². The summed E-state index contributed by atoms with van der Waals surface area (Å²) in [6.45, 7) is 4.75. The summed E-state index contributed by atoms with van der Waals surface area (Å²) in [6.07, 6.45) is 1.61. The highest BCUT2D eigenvalue weighted by molar-refractivity contribution is 5.36. The Labute approximate surface area is 121 Å². The summed E-state index contributed by atoms with van der Waals surface area (Å²) in [5.41, 5.74) is 3.09. The van der Waals surface area contributed by atoms with Crippen molar-refractivity contribution in [1.82, 2.24) is 0 Å². The Morgan fingerprint density at radius 2 is 1.75 bits per heavy atom. The first-order chi connectivity index (χ1) is 9.74. The van der Waals surface area contributed by atoms with Crippen LogP contribution in [0.15, 0.2) is 48.5 Å². The van der Waals surface area contributed by atoms with Crippen LogP contribution in [0, 0.1) is 0 Å². The molecular formula is C18H22O2. The van der Waals surface area contributed by atoms with Crippen LogP contribution in [0.2, 0.25) is 0 Å². The Kier molecular flexibility index (Phi) is 5.19. The molecule has 0 amide bonds. The minimum atomic E-state index is -0.605. The topological polar surface area (TPSA) is 29.5 Å². The standard InChI is InChI=1S/C18H22O2/c1-3-6-14-9-11-15(12-10-14)18(19)16-7-5-8-17(13-16)20-4-2/h5,7-13,18-19H,3-4,6H2,1-2H3. The monoisotopic (exact) mass is 270 g/mol. The van der Waals surface area contributed by atoms with Crippen molar-refractivity contribution in [3.8, 4) is 5.75 Å². The van der Waals surface area contributed by atoms with Gasteiger partial charge in [0, 0.05) is 0 Å². The molecule has 0 aromatic heterocycles. The molecule has 2 nitrogen and oxygen atoms in total. The van der Waals surface area contributed by atoms with E-state index in [4.69, 9.17) is 4.74 Å². The van der Waals surface area contributed by atoms with Crippen LogP contribution < -0.4 is 4.74 Å². The molecule has 1 unspecified atom stereocenters. The molecule has 0 fully saturated rings. The quantitative estimate of drug-likeness (QED) is 0.855. The lowest BCUT2D eigenvalue weighted by Gasteiger charge is -2.13. The zero-order valence-corrected chi connectivity index (χ0v) is 12.2. The minimum Gasteiger partial charge on any atom is -0.494 e. The van der Waals surface area contributed by atoms with Crippen molar-refractivity contribution in [3.63, 3.8) is 0 Å². The molecular weight excluding hydrogens is 248 g/mol. The zero-order chi connectivity index (χ0) is 14.4. The number of rotatable bonds is 6. The second-order valence-electron chi connectivity index (χ2n) is 4.90. The molecule has 0 spiro atoms. The summed E-state index contributed by atoms with van der Waals surface area (Å²) in [5.74, 6) is 0.798. The van der Waals surface area contributed by atoms with Gasteiger partial charge in [0.1, 0.15) is 11.9 Å².